The smallest absolute Gasteiger partial charge is 0.315 e. The van der Waals surface area contributed by atoms with Crippen LogP contribution in [0.15, 0.2) is 47.2 Å². The van der Waals surface area contributed by atoms with Crippen LogP contribution < -0.4 is 10.6 Å². The molecule has 0 spiro atoms. The average molecular weight is 343 g/mol. The molecule has 0 aliphatic carbocycles. The van der Waals surface area contributed by atoms with Gasteiger partial charge in [0.05, 0.1) is 12.6 Å². The van der Waals surface area contributed by atoms with Crippen LogP contribution in [0.2, 0.25) is 0 Å². The average Bonchev–Trinajstić information content (AvgIpc) is 3.16. The number of rotatable bonds is 6. The second kappa shape index (κ2) is 8.64. The molecule has 1 aliphatic heterocycles. The van der Waals surface area contributed by atoms with E-state index in [9.17, 15) is 4.79 Å². The van der Waals surface area contributed by atoms with Crippen molar-refractivity contribution in [3.05, 3.63) is 53.9 Å². The quantitative estimate of drug-likeness (QED) is 0.831. The summed E-state index contributed by atoms with van der Waals surface area (Å²) in [6.07, 6.45) is 1.50. The Morgan fingerprint density at radius 1 is 1.20 bits per heavy atom. The van der Waals surface area contributed by atoms with Crippen LogP contribution in [0.1, 0.15) is 17.3 Å². The summed E-state index contributed by atoms with van der Waals surface area (Å²) in [4.78, 5) is 17.0. The van der Waals surface area contributed by atoms with Crippen molar-refractivity contribution in [1.82, 2.24) is 25.6 Å². The lowest BCUT2D eigenvalue weighted by molar-refractivity contribution is 0.142. The van der Waals surface area contributed by atoms with Gasteiger partial charge in [0, 0.05) is 38.8 Å². The number of carbonyl (C=O) groups is 1. The lowest BCUT2D eigenvalue weighted by Gasteiger charge is -2.35. The van der Waals surface area contributed by atoms with Gasteiger partial charge in [-0.2, -0.15) is 0 Å². The van der Waals surface area contributed by atoms with Gasteiger partial charge in [0.15, 0.2) is 0 Å². The van der Waals surface area contributed by atoms with E-state index in [2.05, 4.69) is 44.8 Å². The third-order valence-electron chi connectivity index (χ3n) is 4.47. The van der Waals surface area contributed by atoms with Gasteiger partial charge in [-0.3, -0.25) is 4.90 Å². The minimum Gasteiger partial charge on any atom is -0.364 e. The largest absolute Gasteiger partial charge is 0.364 e. The number of aromatic nitrogens is 1. The molecule has 2 amide bonds. The maximum absolute atomic E-state index is 12.3. The van der Waals surface area contributed by atoms with Crippen molar-refractivity contribution in [2.75, 3.05) is 39.8 Å². The molecule has 0 saturated carbocycles. The van der Waals surface area contributed by atoms with Crippen molar-refractivity contribution >= 4 is 6.03 Å². The molecule has 7 nitrogen and oxygen atoms in total. The van der Waals surface area contributed by atoms with Gasteiger partial charge in [-0.1, -0.05) is 35.5 Å². The fraction of sp³-hybridized carbons (Fsp3) is 0.444. The molecule has 1 aromatic carbocycles. The molecule has 3 rings (SSSR count). The SMILES string of the molecule is CN1CCN(CC(NC(=O)NCc2ccon2)c2ccccc2)CC1. The molecule has 0 radical (unpaired) electrons. The zero-order valence-electron chi connectivity index (χ0n) is 14.5. The fourth-order valence-corrected chi connectivity index (χ4v) is 2.92. The fourth-order valence-electron chi connectivity index (χ4n) is 2.92. The maximum atomic E-state index is 12.3. The van der Waals surface area contributed by atoms with Crippen molar-refractivity contribution in [3.63, 3.8) is 0 Å². The standard InChI is InChI=1S/C18H25N5O2/c1-22-8-10-23(11-9-22)14-17(15-5-3-2-4-6-15)20-18(24)19-13-16-7-12-25-21-16/h2-7,12,17H,8-11,13-14H2,1H3,(H2,19,20,24). The lowest BCUT2D eigenvalue weighted by Crippen LogP contribution is -2.48. The zero-order valence-corrected chi connectivity index (χ0v) is 14.5. The minimum atomic E-state index is -0.203. The minimum absolute atomic E-state index is 0.0538. The van der Waals surface area contributed by atoms with E-state index in [0.29, 0.717) is 12.2 Å². The first-order valence-corrected chi connectivity index (χ1v) is 8.60. The van der Waals surface area contributed by atoms with Gasteiger partial charge in [0.2, 0.25) is 0 Å². The summed E-state index contributed by atoms with van der Waals surface area (Å²) in [7, 11) is 2.14. The Bertz CT molecular complexity index is 639. The number of amides is 2. The Kier molecular flexibility index (Phi) is 6.03. The first-order valence-electron chi connectivity index (χ1n) is 8.60. The molecule has 134 valence electrons. The molecule has 1 aromatic heterocycles. The zero-order chi connectivity index (χ0) is 17.5. The summed E-state index contributed by atoms with van der Waals surface area (Å²) in [6.45, 7) is 5.29. The number of urea groups is 1. The lowest BCUT2D eigenvalue weighted by atomic mass is 10.1. The molecule has 2 N–H and O–H groups in total. The van der Waals surface area contributed by atoms with Gasteiger partial charge >= 0.3 is 6.03 Å². The van der Waals surface area contributed by atoms with Crippen LogP contribution >= 0.6 is 0 Å². The molecule has 7 heteroatoms. The number of benzene rings is 1. The maximum Gasteiger partial charge on any atom is 0.315 e. The van der Waals surface area contributed by atoms with E-state index in [1.807, 2.05) is 18.2 Å². The summed E-state index contributed by atoms with van der Waals surface area (Å²) in [5, 5.41) is 9.72. The molecule has 1 fully saturated rings. The Balaban J connectivity index is 1.59. The molecule has 1 aliphatic rings. The summed E-state index contributed by atoms with van der Waals surface area (Å²) in [5.74, 6) is 0. The highest BCUT2D eigenvalue weighted by Crippen LogP contribution is 2.15. The molecule has 1 atom stereocenters. The Hall–Kier alpha value is -2.38. The number of carbonyl (C=O) groups excluding carboxylic acids is 1. The number of likely N-dealkylation sites (N-methyl/N-ethyl adjacent to an activating group) is 1. The van der Waals surface area contributed by atoms with Crippen LogP contribution in [0.5, 0.6) is 0 Å². The summed E-state index contributed by atoms with van der Waals surface area (Å²) in [5.41, 5.74) is 1.81. The van der Waals surface area contributed by atoms with Crippen LogP contribution in [0.4, 0.5) is 4.79 Å². The van der Waals surface area contributed by atoms with Gasteiger partial charge in [-0.25, -0.2) is 4.79 Å². The molecular weight excluding hydrogens is 318 g/mol. The number of hydrogen-bond donors (Lipinski definition) is 2. The van der Waals surface area contributed by atoms with Crippen molar-refractivity contribution in [2.45, 2.75) is 12.6 Å². The molecule has 0 bridgehead atoms. The second-order valence-electron chi connectivity index (χ2n) is 6.38. The van der Waals surface area contributed by atoms with Crippen LogP contribution in [0.25, 0.3) is 0 Å². The van der Waals surface area contributed by atoms with Gasteiger partial charge in [-0.15, -0.1) is 0 Å². The van der Waals surface area contributed by atoms with Gasteiger partial charge < -0.3 is 20.1 Å². The highest BCUT2D eigenvalue weighted by atomic mass is 16.5. The van der Waals surface area contributed by atoms with Crippen molar-refractivity contribution in [3.8, 4) is 0 Å². The molecule has 2 aromatic rings. The summed E-state index contributed by atoms with van der Waals surface area (Å²) < 4.78 is 4.77. The third-order valence-corrected chi connectivity index (χ3v) is 4.47. The Labute approximate surface area is 148 Å². The third kappa shape index (κ3) is 5.30. The summed E-state index contributed by atoms with van der Waals surface area (Å²) in [6, 6.07) is 11.6. The van der Waals surface area contributed by atoms with E-state index in [1.165, 1.54) is 6.26 Å². The first-order chi connectivity index (χ1) is 12.2. The van der Waals surface area contributed by atoms with Crippen LogP contribution in [0, 0.1) is 0 Å². The predicted molar refractivity (Wildman–Crippen MR) is 95.0 cm³/mol. The monoisotopic (exact) mass is 343 g/mol. The number of nitrogens with one attached hydrogen (secondary N) is 2. The molecule has 2 heterocycles. The predicted octanol–water partition coefficient (Wildman–Crippen LogP) is 1.46. The molecule has 1 unspecified atom stereocenters. The van der Waals surface area contributed by atoms with Crippen molar-refractivity contribution in [1.29, 1.82) is 0 Å². The highest BCUT2D eigenvalue weighted by Gasteiger charge is 2.21. The molecular formula is C18H25N5O2. The molecule has 1 saturated heterocycles. The van der Waals surface area contributed by atoms with E-state index >= 15 is 0 Å². The normalized spacial score (nSPS) is 17.2. The van der Waals surface area contributed by atoms with E-state index in [1.54, 1.807) is 6.07 Å². The number of piperazine rings is 1. The first kappa shape index (κ1) is 17.4. The van der Waals surface area contributed by atoms with E-state index in [0.717, 1.165) is 38.3 Å². The second-order valence-corrected chi connectivity index (χ2v) is 6.38. The molecule has 25 heavy (non-hydrogen) atoms. The van der Waals surface area contributed by atoms with Crippen LogP contribution in [0.3, 0.4) is 0 Å². The van der Waals surface area contributed by atoms with Gasteiger partial charge in [-0.05, 0) is 12.6 Å². The van der Waals surface area contributed by atoms with E-state index < -0.39 is 0 Å². The highest BCUT2D eigenvalue weighted by molar-refractivity contribution is 5.74. The number of hydrogen-bond acceptors (Lipinski definition) is 5. The summed E-state index contributed by atoms with van der Waals surface area (Å²) >= 11 is 0. The topological polar surface area (TPSA) is 73.6 Å². The van der Waals surface area contributed by atoms with Crippen LogP contribution in [-0.4, -0.2) is 60.8 Å². The van der Waals surface area contributed by atoms with E-state index in [-0.39, 0.29) is 12.1 Å². The number of nitrogens with zero attached hydrogens (tertiary/aromatic N) is 3. The van der Waals surface area contributed by atoms with Crippen molar-refractivity contribution in [2.24, 2.45) is 0 Å². The van der Waals surface area contributed by atoms with Crippen LogP contribution in [-0.2, 0) is 6.54 Å². The van der Waals surface area contributed by atoms with E-state index in [4.69, 9.17) is 4.52 Å². The Morgan fingerprint density at radius 2 is 1.96 bits per heavy atom. The van der Waals surface area contributed by atoms with Gasteiger partial charge in [0.1, 0.15) is 12.0 Å². The van der Waals surface area contributed by atoms with Gasteiger partial charge in [0.25, 0.3) is 0 Å². The van der Waals surface area contributed by atoms with Crippen molar-refractivity contribution < 1.29 is 9.32 Å². The Morgan fingerprint density at radius 3 is 2.64 bits per heavy atom.